The van der Waals surface area contributed by atoms with Gasteiger partial charge in [0.05, 0.1) is 6.04 Å². The fourth-order valence-corrected chi connectivity index (χ4v) is 1.09. The molecule has 0 bridgehead atoms. The van der Waals surface area contributed by atoms with E-state index < -0.39 is 30.0 Å². The van der Waals surface area contributed by atoms with Gasteiger partial charge in [-0.15, -0.1) is 0 Å². The molecule has 0 amide bonds. The van der Waals surface area contributed by atoms with Crippen molar-refractivity contribution in [1.29, 1.82) is 0 Å². The normalized spacial score (nSPS) is 13.9. The zero-order valence-electron chi connectivity index (χ0n) is 7.62. The van der Waals surface area contributed by atoms with E-state index in [0.717, 1.165) is 12.1 Å². The van der Waals surface area contributed by atoms with E-state index in [4.69, 9.17) is 15.9 Å². The molecule has 6 heteroatoms. The van der Waals surface area contributed by atoms with E-state index in [1.807, 2.05) is 0 Å². The first-order chi connectivity index (χ1) is 6.88. The van der Waals surface area contributed by atoms with Crippen LogP contribution in [-0.4, -0.2) is 22.7 Å². The molecule has 1 rings (SSSR count). The van der Waals surface area contributed by atoms with Gasteiger partial charge in [-0.3, -0.25) is 0 Å². The summed E-state index contributed by atoms with van der Waals surface area (Å²) in [5.74, 6) is -5.01. The molecule has 0 radical (unpaired) electrons. The maximum absolute atomic E-state index is 13.1. The lowest BCUT2D eigenvalue weighted by atomic mass is 10.0. The average molecular weight is 221 g/mol. The molecule has 0 aliphatic rings. The molecule has 84 valence electrons. The molecule has 0 aliphatic heterocycles. The Hall–Kier alpha value is -1.27. The minimum atomic E-state index is -3.60. The summed E-state index contributed by atoms with van der Waals surface area (Å²) in [6.07, 6.45) is 0. The molecule has 0 fully saturated rings. The van der Waals surface area contributed by atoms with Crippen molar-refractivity contribution in [3.63, 3.8) is 0 Å². The summed E-state index contributed by atoms with van der Waals surface area (Å²) in [5, 5.41) is 17.2. The molecule has 0 unspecified atom stereocenters. The molecule has 0 saturated heterocycles. The number of hydrogen-bond donors (Lipinski definition) is 3. The van der Waals surface area contributed by atoms with Crippen LogP contribution >= 0.6 is 0 Å². The second-order valence-electron chi connectivity index (χ2n) is 3.10. The number of phenols is 1. The van der Waals surface area contributed by atoms with Crippen LogP contribution in [0.2, 0.25) is 0 Å². The highest BCUT2D eigenvalue weighted by Gasteiger charge is 2.38. The van der Waals surface area contributed by atoms with Crippen LogP contribution in [0.5, 0.6) is 5.75 Å². The molecule has 4 N–H and O–H groups in total. The number of halogens is 3. The second kappa shape index (κ2) is 4.08. The van der Waals surface area contributed by atoms with Crippen LogP contribution in [0, 0.1) is 5.82 Å². The standard InChI is InChI=1S/C9H10F3NO2/c10-7-3-5(15)1-2-6(7)8(13)9(11,12)4-14/h1-3,8,14-15H,4,13H2/t8-/m1/s1. The van der Waals surface area contributed by atoms with Crippen molar-refractivity contribution in [2.45, 2.75) is 12.0 Å². The number of alkyl halides is 2. The Labute approximate surface area is 84.0 Å². The van der Waals surface area contributed by atoms with Gasteiger partial charge in [0.25, 0.3) is 5.92 Å². The topological polar surface area (TPSA) is 66.5 Å². The molecule has 0 spiro atoms. The van der Waals surface area contributed by atoms with Gasteiger partial charge in [-0.05, 0) is 6.07 Å². The zero-order valence-corrected chi connectivity index (χ0v) is 7.62. The maximum atomic E-state index is 13.1. The fraction of sp³-hybridized carbons (Fsp3) is 0.333. The molecule has 0 heterocycles. The average Bonchev–Trinajstić information content (AvgIpc) is 2.17. The highest BCUT2D eigenvalue weighted by atomic mass is 19.3. The van der Waals surface area contributed by atoms with E-state index in [0.29, 0.717) is 6.07 Å². The van der Waals surface area contributed by atoms with E-state index in [1.165, 1.54) is 0 Å². The molecule has 3 nitrogen and oxygen atoms in total. The number of nitrogens with two attached hydrogens (primary N) is 1. The van der Waals surface area contributed by atoms with Crippen LogP contribution in [0.1, 0.15) is 11.6 Å². The largest absolute Gasteiger partial charge is 0.508 e. The monoisotopic (exact) mass is 221 g/mol. The minimum absolute atomic E-state index is 0.379. The molecule has 1 aromatic carbocycles. The summed E-state index contributed by atoms with van der Waals surface area (Å²) in [5.41, 5.74) is 4.65. The predicted octanol–water partition coefficient (Wildman–Crippen LogP) is 1.16. The van der Waals surface area contributed by atoms with Crippen LogP contribution in [0.4, 0.5) is 13.2 Å². The molecule has 15 heavy (non-hydrogen) atoms. The number of aliphatic hydroxyl groups is 1. The zero-order chi connectivity index (χ0) is 11.6. The minimum Gasteiger partial charge on any atom is -0.508 e. The molecule has 1 atom stereocenters. The van der Waals surface area contributed by atoms with E-state index in [2.05, 4.69) is 0 Å². The number of phenolic OH excluding ortho intramolecular Hbond substituents is 1. The summed E-state index contributed by atoms with van der Waals surface area (Å²) >= 11 is 0. The lowest BCUT2D eigenvalue weighted by molar-refractivity contribution is -0.0718. The van der Waals surface area contributed by atoms with Crippen LogP contribution in [0.25, 0.3) is 0 Å². The van der Waals surface area contributed by atoms with E-state index >= 15 is 0 Å². The van der Waals surface area contributed by atoms with Crippen LogP contribution in [0.15, 0.2) is 18.2 Å². The van der Waals surface area contributed by atoms with Gasteiger partial charge >= 0.3 is 0 Å². The summed E-state index contributed by atoms with van der Waals surface area (Å²) in [4.78, 5) is 0. The van der Waals surface area contributed by atoms with Gasteiger partial charge in [0.2, 0.25) is 0 Å². The van der Waals surface area contributed by atoms with Gasteiger partial charge in [0.1, 0.15) is 18.2 Å². The highest BCUT2D eigenvalue weighted by Crippen LogP contribution is 2.31. The van der Waals surface area contributed by atoms with Gasteiger partial charge in [-0.25, -0.2) is 13.2 Å². The first kappa shape index (κ1) is 11.8. The van der Waals surface area contributed by atoms with Crippen LogP contribution < -0.4 is 5.73 Å². The third kappa shape index (κ3) is 2.40. The van der Waals surface area contributed by atoms with E-state index in [1.54, 1.807) is 0 Å². The molecule has 0 saturated carbocycles. The Bertz CT molecular complexity index is 357. The number of hydrogen-bond acceptors (Lipinski definition) is 3. The molecule has 0 aliphatic carbocycles. The Balaban J connectivity index is 3.06. The smallest absolute Gasteiger partial charge is 0.289 e. The van der Waals surface area contributed by atoms with Crippen molar-refractivity contribution in [2.75, 3.05) is 6.61 Å². The van der Waals surface area contributed by atoms with Gasteiger partial charge in [0.15, 0.2) is 0 Å². The fourth-order valence-electron chi connectivity index (χ4n) is 1.09. The predicted molar refractivity (Wildman–Crippen MR) is 47.0 cm³/mol. The van der Waals surface area contributed by atoms with Crippen molar-refractivity contribution >= 4 is 0 Å². The number of rotatable bonds is 3. The Kier molecular flexibility index (Phi) is 3.21. The number of benzene rings is 1. The summed E-state index contributed by atoms with van der Waals surface area (Å²) in [6.45, 7) is -1.46. The Morgan fingerprint density at radius 1 is 1.40 bits per heavy atom. The molecule has 0 aromatic heterocycles. The quantitative estimate of drug-likeness (QED) is 0.717. The summed E-state index contributed by atoms with van der Waals surface area (Å²) in [7, 11) is 0. The summed E-state index contributed by atoms with van der Waals surface area (Å²) < 4.78 is 38.9. The maximum Gasteiger partial charge on any atom is 0.289 e. The van der Waals surface area contributed by atoms with Crippen molar-refractivity contribution in [2.24, 2.45) is 5.73 Å². The number of aliphatic hydroxyl groups excluding tert-OH is 1. The second-order valence-corrected chi connectivity index (χ2v) is 3.10. The first-order valence-corrected chi connectivity index (χ1v) is 4.11. The van der Waals surface area contributed by atoms with E-state index in [-0.39, 0.29) is 5.75 Å². The third-order valence-electron chi connectivity index (χ3n) is 1.98. The molecular formula is C9H10F3NO2. The number of aromatic hydroxyl groups is 1. The van der Waals surface area contributed by atoms with Crippen molar-refractivity contribution in [3.8, 4) is 5.75 Å². The van der Waals surface area contributed by atoms with Gasteiger partial charge in [-0.2, -0.15) is 0 Å². The third-order valence-corrected chi connectivity index (χ3v) is 1.98. The molecule has 1 aromatic rings. The van der Waals surface area contributed by atoms with E-state index in [9.17, 15) is 13.2 Å². The van der Waals surface area contributed by atoms with Crippen LogP contribution in [0.3, 0.4) is 0 Å². The van der Waals surface area contributed by atoms with Crippen molar-refractivity contribution in [1.82, 2.24) is 0 Å². The lowest BCUT2D eigenvalue weighted by Crippen LogP contribution is -2.36. The van der Waals surface area contributed by atoms with Gasteiger partial charge in [-0.1, -0.05) is 6.07 Å². The van der Waals surface area contributed by atoms with Gasteiger partial charge < -0.3 is 15.9 Å². The molecular weight excluding hydrogens is 211 g/mol. The Morgan fingerprint density at radius 2 is 2.00 bits per heavy atom. The highest BCUT2D eigenvalue weighted by molar-refractivity contribution is 5.30. The first-order valence-electron chi connectivity index (χ1n) is 4.11. The van der Waals surface area contributed by atoms with Gasteiger partial charge in [0, 0.05) is 11.6 Å². The van der Waals surface area contributed by atoms with Crippen LogP contribution in [-0.2, 0) is 0 Å². The SMILES string of the molecule is N[C@H](c1ccc(O)cc1F)C(F)(F)CO. The van der Waals surface area contributed by atoms with Crippen molar-refractivity contribution < 1.29 is 23.4 Å². The lowest BCUT2D eigenvalue weighted by Gasteiger charge is -2.21. The summed E-state index contributed by atoms with van der Waals surface area (Å²) in [6, 6.07) is 0.746. The Morgan fingerprint density at radius 3 is 2.47 bits per heavy atom. The van der Waals surface area contributed by atoms with Crippen molar-refractivity contribution in [3.05, 3.63) is 29.6 Å².